The van der Waals surface area contributed by atoms with Crippen molar-refractivity contribution in [2.75, 3.05) is 13.2 Å². The number of hydrogen-bond acceptors (Lipinski definition) is 4. The van der Waals surface area contributed by atoms with Crippen LogP contribution in [0.4, 0.5) is 4.39 Å². The summed E-state index contributed by atoms with van der Waals surface area (Å²) in [5, 5.41) is 3.45. The molecule has 1 aliphatic heterocycles. The highest BCUT2D eigenvalue weighted by molar-refractivity contribution is 5.81. The monoisotopic (exact) mass is 252 g/mol. The zero-order valence-electron chi connectivity index (χ0n) is 10.1. The number of nitrogens with two attached hydrogens (primary N) is 1. The second kappa shape index (κ2) is 6.47. The minimum Gasteiger partial charge on any atom is -0.376 e. The molecule has 2 N–H and O–H groups in total. The lowest BCUT2D eigenvalue weighted by atomic mass is 10.1. The summed E-state index contributed by atoms with van der Waals surface area (Å²) in [7, 11) is 0. The van der Waals surface area contributed by atoms with Crippen LogP contribution in [0, 0.1) is 5.82 Å². The van der Waals surface area contributed by atoms with E-state index in [0.29, 0.717) is 13.2 Å². The van der Waals surface area contributed by atoms with E-state index in [1.165, 1.54) is 18.3 Å². The van der Waals surface area contributed by atoms with E-state index in [1.54, 1.807) is 6.07 Å². The Kier molecular flexibility index (Phi) is 4.66. The van der Waals surface area contributed by atoms with E-state index >= 15 is 0 Å². The van der Waals surface area contributed by atoms with Gasteiger partial charge in [-0.1, -0.05) is 6.07 Å². The van der Waals surface area contributed by atoms with Crippen LogP contribution in [0.25, 0.3) is 0 Å². The van der Waals surface area contributed by atoms with Crippen molar-refractivity contribution in [1.29, 1.82) is 0 Å². The molecule has 1 unspecified atom stereocenters. The van der Waals surface area contributed by atoms with Crippen molar-refractivity contribution >= 4 is 6.21 Å². The van der Waals surface area contributed by atoms with Crippen molar-refractivity contribution in [2.45, 2.75) is 25.6 Å². The number of benzene rings is 1. The lowest BCUT2D eigenvalue weighted by Crippen LogP contribution is -2.14. The molecule has 4 nitrogen and oxygen atoms in total. The van der Waals surface area contributed by atoms with Gasteiger partial charge in [-0.05, 0) is 30.5 Å². The van der Waals surface area contributed by atoms with E-state index in [-0.39, 0.29) is 11.9 Å². The highest BCUT2D eigenvalue weighted by atomic mass is 19.1. The molecule has 98 valence electrons. The van der Waals surface area contributed by atoms with Gasteiger partial charge in [0, 0.05) is 12.2 Å². The van der Waals surface area contributed by atoms with Gasteiger partial charge >= 0.3 is 0 Å². The minimum atomic E-state index is -0.292. The SMILES string of the molecule is NN=Cc1ccc(F)cc1COCC1CCCO1. The summed E-state index contributed by atoms with van der Waals surface area (Å²) in [6, 6.07) is 4.45. The second-order valence-electron chi connectivity index (χ2n) is 4.27. The molecule has 0 aromatic heterocycles. The maximum atomic E-state index is 13.2. The van der Waals surface area contributed by atoms with E-state index in [9.17, 15) is 4.39 Å². The smallest absolute Gasteiger partial charge is 0.123 e. The first-order valence-corrected chi connectivity index (χ1v) is 6.00. The Morgan fingerprint density at radius 2 is 2.44 bits per heavy atom. The fraction of sp³-hybridized carbons (Fsp3) is 0.462. The summed E-state index contributed by atoms with van der Waals surface area (Å²) in [6.07, 6.45) is 3.77. The maximum Gasteiger partial charge on any atom is 0.123 e. The number of rotatable bonds is 5. The molecular weight excluding hydrogens is 235 g/mol. The van der Waals surface area contributed by atoms with Gasteiger partial charge in [-0.15, -0.1) is 0 Å². The first-order valence-electron chi connectivity index (χ1n) is 6.00. The van der Waals surface area contributed by atoms with Crippen LogP contribution in [0.15, 0.2) is 23.3 Å². The minimum absolute atomic E-state index is 0.171. The van der Waals surface area contributed by atoms with Crippen LogP contribution in [0.2, 0.25) is 0 Å². The molecule has 1 heterocycles. The molecule has 1 saturated heterocycles. The Morgan fingerprint density at radius 1 is 1.56 bits per heavy atom. The molecule has 1 aliphatic rings. The average Bonchev–Trinajstić information content (AvgIpc) is 2.86. The summed E-state index contributed by atoms with van der Waals surface area (Å²) >= 11 is 0. The van der Waals surface area contributed by atoms with Gasteiger partial charge in [-0.25, -0.2) is 4.39 Å². The number of hydrazone groups is 1. The molecule has 18 heavy (non-hydrogen) atoms. The molecule has 1 fully saturated rings. The second-order valence-corrected chi connectivity index (χ2v) is 4.27. The van der Waals surface area contributed by atoms with Crippen molar-refractivity contribution in [1.82, 2.24) is 0 Å². The molecule has 0 saturated carbocycles. The molecular formula is C13H17FN2O2. The summed E-state index contributed by atoms with van der Waals surface area (Å²) in [4.78, 5) is 0. The van der Waals surface area contributed by atoms with Gasteiger partial charge in [0.15, 0.2) is 0 Å². The number of ether oxygens (including phenoxy) is 2. The zero-order chi connectivity index (χ0) is 12.8. The van der Waals surface area contributed by atoms with Crippen LogP contribution in [-0.2, 0) is 16.1 Å². The van der Waals surface area contributed by atoms with Crippen LogP contribution in [-0.4, -0.2) is 25.5 Å². The van der Waals surface area contributed by atoms with Gasteiger partial charge in [0.25, 0.3) is 0 Å². The van der Waals surface area contributed by atoms with Crippen molar-refractivity contribution in [3.63, 3.8) is 0 Å². The molecule has 5 heteroatoms. The maximum absolute atomic E-state index is 13.2. The number of halogens is 1. The van der Waals surface area contributed by atoms with Crippen LogP contribution >= 0.6 is 0 Å². The molecule has 0 radical (unpaired) electrons. The lowest BCUT2D eigenvalue weighted by molar-refractivity contribution is 0.0105. The van der Waals surface area contributed by atoms with E-state index in [2.05, 4.69) is 5.10 Å². The Hall–Kier alpha value is -1.46. The fourth-order valence-electron chi connectivity index (χ4n) is 1.98. The third-order valence-corrected chi connectivity index (χ3v) is 2.90. The highest BCUT2D eigenvalue weighted by Gasteiger charge is 2.15. The Labute approximate surface area is 106 Å². The zero-order valence-corrected chi connectivity index (χ0v) is 10.1. The van der Waals surface area contributed by atoms with Crippen LogP contribution in [0.5, 0.6) is 0 Å². The fourth-order valence-corrected chi connectivity index (χ4v) is 1.98. The third kappa shape index (κ3) is 3.51. The summed E-state index contributed by atoms with van der Waals surface area (Å²) in [6.45, 7) is 1.67. The van der Waals surface area contributed by atoms with Crippen molar-refractivity contribution in [2.24, 2.45) is 10.9 Å². The quantitative estimate of drug-likeness (QED) is 0.494. The topological polar surface area (TPSA) is 56.8 Å². The van der Waals surface area contributed by atoms with E-state index in [4.69, 9.17) is 15.3 Å². The Bertz CT molecular complexity index is 417. The average molecular weight is 252 g/mol. The normalized spacial score (nSPS) is 19.7. The largest absolute Gasteiger partial charge is 0.376 e. The van der Waals surface area contributed by atoms with Crippen molar-refractivity contribution in [3.05, 3.63) is 35.1 Å². The van der Waals surface area contributed by atoms with Crippen LogP contribution in [0.3, 0.4) is 0 Å². The van der Waals surface area contributed by atoms with E-state index < -0.39 is 0 Å². The molecule has 1 atom stereocenters. The summed E-state index contributed by atoms with van der Waals surface area (Å²) in [5.74, 6) is 4.82. The number of hydrogen-bond donors (Lipinski definition) is 1. The molecule has 0 bridgehead atoms. The Balaban J connectivity index is 1.92. The predicted octanol–water partition coefficient (Wildman–Crippen LogP) is 1.81. The molecule has 0 amide bonds. The first-order chi connectivity index (χ1) is 8.79. The molecule has 1 aromatic carbocycles. The van der Waals surface area contributed by atoms with Crippen LogP contribution < -0.4 is 5.84 Å². The van der Waals surface area contributed by atoms with E-state index in [0.717, 1.165) is 30.6 Å². The van der Waals surface area contributed by atoms with Crippen LogP contribution in [0.1, 0.15) is 24.0 Å². The summed E-state index contributed by atoms with van der Waals surface area (Å²) in [5.41, 5.74) is 1.51. The van der Waals surface area contributed by atoms with Gasteiger partial charge in [0.05, 0.1) is 25.5 Å². The molecule has 2 rings (SSSR count). The highest BCUT2D eigenvalue weighted by Crippen LogP contribution is 2.15. The lowest BCUT2D eigenvalue weighted by Gasteiger charge is -2.11. The first kappa shape index (κ1) is 13.0. The predicted molar refractivity (Wildman–Crippen MR) is 66.8 cm³/mol. The van der Waals surface area contributed by atoms with E-state index in [1.807, 2.05) is 0 Å². The standard InChI is InChI=1S/C13H17FN2O2/c14-12-4-3-10(7-16-15)11(6-12)8-17-9-13-2-1-5-18-13/h3-4,6-7,13H,1-2,5,8-9,15H2. The van der Waals surface area contributed by atoms with Gasteiger partial charge < -0.3 is 15.3 Å². The van der Waals surface area contributed by atoms with Gasteiger partial charge in [-0.2, -0.15) is 5.10 Å². The Morgan fingerprint density at radius 3 is 3.17 bits per heavy atom. The molecule has 0 aliphatic carbocycles. The number of nitrogens with zero attached hydrogens (tertiary/aromatic N) is 1. The third-order valence-electron chi connectivity index (χ3n) is 2.90. The molecule has 0 spiro atoms. The van der Waals surface area contributed by atoms with Gasteiger partial charge in [0.1, 0.15) is 5.82 Å². The van der Waals surface area contributed by atoms with Gasteiger partial charge in [-0.3, -0.25) is 0 Å². The summed E-state index contributed by atoms with van der Waals surface area (Å²) < 4.78 is 24.2. The molecule has 1 aromatic rings. The van der Waals surface area contributed by atoms with Crippen molar-refractivity contribution in [3.8, 4) is 0 Å². The van der Waals surface area contributed by atoms with Crippen molar-refractivity contribution < 1.29 is 13.9 Å². The van der Waals surface area contributed by atoms with Gasteiger partial charge in [0.2, 0.25) is 0 Å².